The first-order chi connectivity index (χ1) is 5.41. The van der Waals surface area contributed by atoms with Crippen molar-refractivity contribution in [3.8, 4) is 0 Å². The largest absolute Gasteiger partial charge is 0.433 e. The van der Waals surface area contributed by atoms with Crippen LogP contribution >= 0.6 is 9.24 Å². The Morgan fingerprint density at radius 1 is 1.42 bits per heavy atom. The maximum absolute atomic E-state index is 12.0. The van der Waals surface area contributed by atoms with E-state index in [1.165, 1.54) is 6.20 Å². The molecule has 0 saturated heterocycles. The molecule has 0 aliphatic carbocycles. The number of pyridine rings is 1. The van der Waals surface area contributed by atoms with Crippen LogP contribution in [0.3, 0.4) is 0 Å². The van der Waals surface area contributed by atoms with Crippen molar-refractivity contribution < 1.29 is 13.2 Å². The van der Waals surface area contributed by atoms with E-state index in [1.807, 2.05) is 0 Å². The van der Waals surface area contributed by atoms with Crippen LogP contribution in [0.4, 0.5) is 13.2 Å². The molecule has 1 heterocycles. The number of hydrogen-bond donors (Lipinski definition) is 0. The number of aromatic nitrogens is 1. The standard InChI is InChI=1S/C7H7F3NP/c1-4-2-6(7(8,9)10)11-3-5(4)12/h2-3H,12H2,1H3. The third kappa shape index (κ3) is 1.95. The Balaban J connectivity index is 3.14. The summed E-state index contributed by atoms with van der Waals surface area (Å²) in [6, 6.07) is 1.03. The Bertz CT molecular complexity index is 295. The first kappa shape index (κ1) is 9.46. The van der Waals surface area contributed by atoms with Crippen LogP contribution in [-0.4, -0.2) is 4.98 Å². The van der Waals surface area contributed by atoms with Gasteiger partial charge < -0.3 is 0 Å². The van der Waals surface area contributed by atoms with Gasteiger partial charge in [0.15, 0.2) is 0 Å². The summed E-state index contributed by atoms with van der Waals surface area (Å²) in [5, 5.41) is 0.683. The minimum atomic E-state index is -4.34. The molecule has 5 heteroatoms. The Morgan fingerprint density at radius 3 is 2.42 bits per heavy atom. The van der Waals surface area contributed by atoms with Crippen molar-refractivity contribution in [2.75, 3.05) is 0 Å². The maximum Gasteiger partial charge on any atom is 0.433 e. The lowest BCUT2D eigenvalue weighted by molar-refractivity contribution is -0.141. The Hall–Kier alpha value is -0.630. The minimum Gasteiger partial charge on any atom is -0.251 e. The van der Waals surface area contributed by atoms with Gasteiger partial charge in [0.05, 0.1) is 0 Å². The van der Waals surface area contributed by atoms with Crippen molar-refractivity contribution in [3.05, 3.63) is 23.5 Å². The molecular formula is C7H7F3NP. The molecule has 66 valence electrons. The number of hydrogen-bond acceptors (Lipinski definition) is 1. The van der Waals surface area contributed by atoms with E-state index in [1.54, 1.807) is 6.92 Å². The van der Waals surface area contributed by atoms with Gasteiger partial charge in [-0.05, 0) is 23.9 Å². The number of nitrogens with zero attached hydrogens (tertiary/aromatic N) is 1. The van der Waals surface area contributed by atoms with Crippen molar-refractivity contribution in [1.29, 1.82) is 0 Å². The molecule has 0 bridgehead atoms. The van der Waals surface area contributed by atoms with Gasteiger partial charge in [-0.25, -0.2) is 0 Å². The van der Waals surface area contributed by atoms with Crippen molar-refractivity contribution in [2.24, 2.45) is 0 Å². The number of aryl methyl sites for hydroxylation is 1. The molecule has 0 N–H and O–H groups in total. The second-order valence-electron chi connectivity index (χ2n) is 2.42. The average Bonchev–Trinajstić information content (AvgIpc) is 1.92. The zero-order valence-electron chi connectivity index (χ0n) is 6.31. The Morgan fingerprint density at radius 2 is 2.00 bits per heavy atom. The van der Waals surface area contributed by atoms with Crippen LogP contribution in [-0.2, 0) is 6.18 Å². The van der Waals surface area contributed by atoms with E-state index in [2.05, 4.69) is 14.2 Å². The van der Waals surface area contributed by atoms with Crippen molar-refractivity contribution >= 4 is 14.5 Å². The second kappa shape index (κ2) is 3.02. The minimum absolute atomic E-state index is 0.572. The second-order valence-corrected chi connectivity index (χ2v) is 3.05. The highest BCUT2D eigenvalue weighted by molar-refractivity contribution is 7.27. The third-order valence-electron chi connectivity index (χ3n) is 1.44. The highest BCUT2D eigenvalue weighted by Crippen LogP contribution is 2.27. The maximum atomic E-state index is 12.0. The van der Waals surface area contributed by atoms with Gasteiger partial charge in [0.25, 0.3) is 0 Å². The van der Waals surface area contributed by atoms with E-state index in [-0.39, 0.29) is 0 Å². The molecule has 0 amide bonds. The van der Waals surface area contributed by atoms with E-state index in [0.29, 0.717) is 10.9 Å². The van der Waals surface area contributed by atoms with Crippen molar-refractivity contribution in [1.82, 2.24) is 4.98 Å². The SMILES string of the molecule is Cc1cc(C(F)(F)F)ncc1P. The Kier molecular flexibility index (Phi) is 2.38. The molecule has 0 aromatic carbocycles. The molecule has 0 aliphatic rings. The zero-order chi connectivity index (χ0) is 9.35. The van der Waals surface area contributed by atoms with Crippen LogP contribution in [0.25, 0.3) is 0 Å². The van der Waals surface area contributed by atoms with Gasteiger partial charge >= 0.3 is 6.18 Å². The molecule has 1 aromatic rings. The predicted molar refractivity (Wildman–Crippen MR) is 43.3 cm³/mol. The average molecular weight is 193 g/mol. The summed E-state index contributed by atoms with van der Waals surface area (Å²) in [4.78, 5) is 3.26. The molecule has 0 saturated carbocycles. The summed E-state index contributed by atoms with van der Waals surface area (Å²) < 4.78 is 36.1. The topological polar surface area (TPSA) is 12.9 Å². The molecule has 0 aliphatic heterocycles. The molecule has 0 fully saturated rings. The number of rotatable bonds is 0. The predicted octanol–water partition coefficient (Wildman–Crippen LogP) is 1.91. The van der Waals surface area contributed by atoms with E-state index in [0.717, 1.165) is 6.07 Å². The quantitative estimate of drug-likeness (QED) is 0.573. The molecular weight excluding hydrogens is 186 g/mol. The fraction of sp³-hybridized carbons (Fsp3) is 0.286. The Labute approximate surface area is 70.2 Å². The summed E-state index contributed by atoms with van der Waals surface area (Å²) in [5.74, 6) is 0. The van der Waals surface area contributed by atoms with E-state index < -0.39 is 11.9 Å². The van der Waals surface area contributed by atoms with Crippen LogP contribution in [0.5, 0.6) is 0 Å². The van der Waals surface area contributed by atoms with E-state index >= 15 is 0 Å². The highest BCUT2D eigenvalue weighted by atomic mass is 31.0. The van der Waals surface area contributed by atoms with Gasteiger partial charge in [-0.2, -0.15) is 13.2 Å². The number of alkyl halides is 3. The lowest BCUT2D eigenvalue weighted by Gasteiger charge is -2.06. The van der Waals surface area contributed by atoms with E-state index in [4.69, 9.17) is 0 Å². The van der Waals surface area contributed by atoms with Crippen LogP contribution in [0.2, 0.25) is 0 Å². The molecule has 1 rings (SSSR count). The fourth-order valence-electron chi connectivity index (χ4n) is 0.722. The van der Waals surface area contributed by atoms with Crippen LogP contribution < -0.4 is 5.30 Å². The summed E-state index contributed by atoms with van der Waals surface area (Å²) in [7, 11) is 2.32. The van der Waals surface area contributed by atoms with Gasteiger partial charge in [0, 0.05) is 6.20 Å². The molecule has 0 radical (unpaired) electrons. The highest BCUT2D eigenvalue weighted by Gasteiger charge is 2.32. The number of halogens is 3. The normalized spacial score (nSPS) is 11.8. The van der Waals surface area contributed by atoms with E-state index in [9.17, 15) is 13.2 Å². The molecule has 1 nitrogen and oxygen atoms in total. The fourth-order valence-corrected chi connectivity index (χ4v) is 0.879. The lowest BCUT2D eigenvalue weighted by Crippen LogP contribution is -2.11. The van der Waals surface area contributed by atoms with Crippen molar-refractivity contribution in [3.63, 3.8) is 0 Å². The van der Waals surface area contributed by atoms with Gasteiger partial charge in [0.1, 0.15) is 5.69 Å². The monoisotopic (exact) mass is 193 g/mol. The van der Waals surface area contributed by atoms with Crippen molar-refractivity contribution in [2.45, 2.75) is 13.1 Å². The molecule has 0 spiro atoms. The first-order valence-electron chi connectivity index (χ1n) is 3.20. The zero-order valence-corrected chi connectivity index (χ0v) is 7.47. The summed E-state index contributed by atoms with van der Waals surface area (Å²) in [6.07, 6.45) is -3.15. The summed E-state index contributed by atoms with van der Waals surface area (Å²) in [6.45, 7) is 1.61. The molecule has 1 aromatic heterocycles. The van der Waals surface area contributed by atoms with Crippen LogP contribution in [0.15, 0.2) is 12.3 Å². The first-order valence-corrected chi connectivity index (χ1v) is 3.78. The molecule has 1 unspecified atom stereocenters. The molecule has 1 atom stereocenters. The smallest absolute Gasteiger partial charge is 0.251 e. The summed E-state index contributed by atoms with van der Waals surface area (Å²) in [5.41, 5.74) is -0.270. The van der Waals surface area contributed by atoms with Gasteiger partial charge in [-0.1, -0.05) is 0 Å². The third-order valence-corrected chi connectivity index (χ3v) is 2.05. The molecule has 12 heavy (non-hydrogen) atoms. The van der Waals surface area contributed by atoms with Crippen LogP contribution in [0, 0.1) is 6.92 Å². The van der Waals surface area contributed by atoms with Gasteiger partial charge in [-0.3, -0.25) is 4.98 Å². The van der Waals surface area contributed by atoms with Gasteiger partial charge in [-0.15, -0.1) is 9.24 Å². The lowest BCUT2D eigenvalue weighted by atomic mass is 10.2. The van der Waals surface area contributed by atoms with Crippen LogP contribution in [0.1, 0.15) is 11.3 Å². The summed E-state index contributed by atoms with van der Waals surface area (Å²) >= 11 is 0. The van der Waals surface area contributed by atoms with Gasteiger partial charge in [0.2, 0.25) is 0 Å².